The summed E-state index contributed by atoms with van der Waals surface area (Å²) >= 11 is 1.54. The average Bonchev–Trinajstić information content (AvgIpc) is 2.92. The Kier molecular flexibility index (Phi) is 6.64. The Balaban J connectivity index is 1.39. The number of methoxy groups -OCH3 is 1. The largest absolute Gasteiger partial charge is 0.493 e. The van der Waals surface area contributed by atoms with Crippen molar-refractivity contribution in [3.63, 3.8) is 0 Å². The predicted octanol–water partition coefficient (Wildman–Crippen LogP) is 5.49. The van der Waals surface area contributed by atoms with Crippen molar-refractivity contribution in [3.05, 3.63) is 101 Å². The number of nitriles is 1. The van der Waals surface area contributed by atoms with Gasteiger partial charge >= 0.3 is 0 Å². The molecule has 0 aromatic heterocycles. The van der Waals surface area contributed by atoms with Crippen LogP contribution in [0.5, 0.6) is 11.5 Å². The van der Waals surface area contributed by atoms with E-state index in [0.29, 0.717) is 36.2 Å². The fraction of sp³-hybridized carbons (Fsp3) is 0.214. The van der Waals surface area contributed by atoms with Crippen LogP contribution in [0.1, 0.15) is 23.5 Å². The molecule has 1 amide bonds. The zero-order chi connectivity index (χ0) is 24.2. The second-order valence-electron chi connectivity index (χ2n) is 8.38. The van der Waals surface area contributed by atoms with Gasteiger partial charge in [0.25, 0.3) is 0 Å². The molecule has 0 unspecified atom stereocenters. The molecular weight excluding hydrogens is 458 g/mol. The molecule has 3 aromatic rings. The lowest BCUT2D eigenvalue weighted by Crippen LogP contribution is -2.47. The number of thioether (sulfide) groups is 1. The van der Waals surface area contributed by atoms with Gasteiger partial charge in [-0.25, -0.2) is 0 Å². The molecular formula is C28H25N3O3S. The molecule has 176 valence electrons. The van der Waals surface area contributed by atoms with Gasteiger partial charge in [0.15, 0.2) is 11.5 Å². The first-order chi connectivity index (χ1) is 17.2. The van der Waals surface area contributed by atoms with E-state index in [-0.39, 0.29) is 18.2 Å². The monoisotopic (exact) mass is 483 g/mol. The van der Waals surface area contributed by atoms with Crippen molar-refractivity contribution >= 4 is 23.4 Å². The lowest BCUT2D eigenvalue weighted by molar-refractivity contribution is -0.129. The zero-order valence-corrected chi connectivity index (χ0v) is 20.2. The van der Waals surface area contributed by atoms with E-state index in [4.69, 9.17) is 9.47 Å². The standard InChI is InChI=1S/C28H25N3O3S/c1-33-26-14-21(12-13-25(26)34-17-20-8-4-2-5-9-20)23-15-27(32)31-18-30(22-10-6-3-7-11-22)19-35-28(31)24(23)16-29/h2-14,23H,15,17-19H2,1H3/t23-/m0/s1. The molecule has 2 aliphatic rings. The van der Waals surface area contributed by atoms with Crippen LogP contribution in [0, 0.1) is 11.3 Å². The van der Waals surface area contributed by atoms with Crippen LogP contribution in [0.4, 0.5) is 5.69 Å². The van der Waals surface area contributed by atoms with E-state index in [1.807, 2.05) is 78.9 Å². The van der Waals surface area contributed by atoms with Crippen LogP contribution >= 0.6 is 11.8 Å². The molecule has 35 heavy (non-hydrogen) atoms. The van der Waals surface area contributed by atoms with Gasteiger partial charge in [-0.3, -0.25) is 9.69 Å². The van der Waals surface area contributed by atoms with Crippen molar-refractivity contribution in [2.75, 3.05) is 24.6 Å². The van der Waals surface area contributed by atoms with Gasteiger partial charge in [0.05, 0.1) is 36.3 Å². The number of allylic oxidation sites excluding steroid dienone is 1. The quantitative estimate of drug-likeness (QED) is 0.462. The highest BCUT2D eigenvalue weighted by Gasteiger charge is 2.38. The zero-order valence-electron chi connectivity index (χ0n) is 19.4. The summed E-state index contributed by atoms with van der Waals surface area (Å²) in [4.78, 5) is 17.1. The van der Waals surface area contributed by atoms with E-state index >= 15 is 0 Å². The molecule has 1 atom stereocenters. The Hall–Kier alpha value is -3.89. The van der Waals surface area contributed by atoms with Crippen molar-refractivity contribution in [1.29, 1.82) is 5.26 Å². The maximum Gasteiger partial charge on any atom is 0.229 e. The lowest BCUT2D eigenvalue weighted by Gasteiger charge is -2.42. The Morgan fingerprint density at radius 3 is 2.49 bits per heavy atom. The Morgan fingerprint density at radius 2 is 1.77 bits per heavy atom. The Bertz CT molecular complexity index is 1290. The third-order valence-electron chi connectivity index (χ3n) is 6.24. The van der Waals surface area contributed by atoms with Crippen LogP contribution < -0.4 is 14.4 Å². The number of benzene rings is 3. The van der Waals surface area contributed by atoms with Gasteiger partial charge in [-0.2, -0.15) is 5.26 Å². The second-order valence-corrected chi connectivity index (χ2v) is 9.32. The van der Waals surface area contributed by atoms with E-state index < -0.39 is 0 Å². The van der Waals surface area contributed by atoms with E-state index in [0.717, 1.165) is 21.8 Å². The maximum atomic E-state index is 13.2. The molecule has 0 bridgehead atoms. The molecule has 0 aliphatic carbocycles. The lowest BCUT2D eigenvalue weighted by atomic mass is 9.86. The highest BCUT2D eigenvalue weighted by Crippen LogP contribution is 2.44. The topological polar surface area (TPSA) is 65.8 Å². The second kappa shape index (κ2) is 10.2. The molecule has 6 nitrogen and oxygen atoms in total. The Labute approximate surface area is 209 Å². The van der Waals surface area contributed by atoms with Gasteiger partial charge in [0.2, 0.25) is 5.91 Å². The smallest absolute Gasteiger partial charge is 0.229 e. The van der Waals surface area contributed by atoms with Gasteiger partial charge < -0.3 is 14.4 Å². The number of carbonyl (C=O) groups excluding carboxylic acids is 1. The summed E-state index contributed by atoms with van der Waals surface area (Å²) in [6.45, 7) is 0.869. The first-order valence-corrected chi connectivity index (χ1v) is 12.4. The highest BCUT2D eigenvalue weighted by atomic mass is 32.2. The summed E-state index contributed by atoms with van der Waals surface area (Å²) < 4.78 is 11.6. The van der Waals surface area contributed by atoms with Crippen molar-refractivity contribution in [2.45, 2.75) is 18.9 Å². The number of hydrogen-bond donors (Lipinski definition) is 0. The molecule has 0 radical (unpaired) electrons. The van der Waals surface area contributed by atoms with Crippen LogP contribution in [-0.4, -0.2) is 30.5 Å². The molecule has 1 saturated heterocycles. The summed E-state index contributed by atoms with van der Waals surface area (Å²) in [5, 5.41) is 10.8. The van der Waals surface area contributed by atoms with Crippen molar-refractivity contribution in [2.24, 2.45) is 0 Å². The minimum absolute atomic E-state index is 0.0144. The van der Waals surface area contributed by atoms with Crippen LogP contribution in [0.15, 0.2) is 89.5 Å². The average molecular weight is 484 g/mol. The van der Waals surface area contributed by atoms with Gasteiger partial charge in [-0.15, -0.1) is 0 Å². The van der Waals surface area contributed by atoms with Gasteiger partial charge in [-0.1, -0.05) is 66.4 Å². The normalized spacial score (nSPS) is 17.6. The number of anilines is 1. The van der Waals surface area contributed by atoms with Gasteiger partial charge in [0.1, 0.15) is 6.61 Å². The number of hydrogen-bond acceptors (Lipinski definition) is 6. The van der Waals surface area contributed by atoms with Crippen molar-refractivity contribution in [1.82, 2.24) is 4.90 Å². The van der Waals surface area contributed by atoms with Crippen molar-refractivity contribution < 1.29 is 14.3 Å². The molecule has 5 rings (SSSR count). The van der Waals surface area contributed by atoms with E-state index in [9.17, 15) is 10.1 Å². The minimum atomic E-state index is -0.313. The number of carbonyl (C=O) groups is 1. The summed E-state index contributed by atoms with van der Waals surface area (Å²) in [5.74, 6) is 1.59. The summed E-state index contributed by atoms with van der Waals surface area (Å²) in [5.41, 5.74) is 3.62. The third-order valence-corrected chi connectivity index (χ3v) is 7.40. The summed E-state index contributed by atoms with van der Waals surface area (Å²) in [7, 11) is 1.60. The molecule has 0 spiro atoms. The van der Waals surface area contributed by atoms with Crippen molar-refractivity contribution in [3.8, 4) is 17.6 Å². The number of nitrogens with zero attached hydrogens (tertiary/aromatic N) is 3. The number of rotatable bonds is 6. The molecule has 1 fully saturated rings. The fourth-order valence-electron chi connectivity index (χ4n) is 4.40. The highest BCUT2D eigenvalue weighted by molar-refractivity contribution is 8.03. The number of para-hydroxylation sites is 1. The van der Waals surface area contributed by atoms with E-state index in [1.54, 1.807) is 12.0 Å². The summed E-state index contributed by atoms with van der Waals surface area (Å²) in [6.07, 6.45) is 0.239. The molecule has 7 heteroatoms. The minimum Gasteiger partial charge on any atom is -0.493 e. The van der Waals surface area contributed by atoms with Crippen LogP contribution in [-0.2, 0) is 11.4 Å². The fourth-order valence-corrected chi connectivity index (χ4v) is 5.57. The SMILES string of the molecule is COc1cc([C@@H]2CC(=O)N3CN(c4ccccc4)CSC3=C2C#N)ccc1OCc1ccccc1. The molecule has 2 aliphatic heterocycles. The molecule has 3 aromatic carbocycles. The van der Waals surface area contributed by atoms with E-state index in [2.05, 4.69) is 11.0 Å². The number of amides is 1. The van der Waals surface area contributed by atoms with Gasteiger partial charge in [0, 0.05) is 18.0 Å². The van der Waals surface area contributed by atoms with Gasteiger partial charge in [-0.05, 0) is 35.4 Å². The van der Waals surface area contributed by atoms with E-state index in [1.165, 1.54) is 11.8 Å². The predicted molar refractivity (Wildman–Crippen MR) is 137 cm³/mol. The van der Waals surface area contributed by atoms with Crippen LogP contribution in [0.25, 0.3) is 0 Å². The van der Waals surface area contributed by atoms with Crippen LogP contribution in [0.3, 0.4) is 0 Å². The first-order valence-electron chi connectivity index (χ1n) is 11.4. The van der Waals surface area contributed by atoms with Crippen LogP contribution in [0.2, 0.25) is 0 Å². The number of ether oxygens (including phenoxy) is 2. The number of fused-ring (bicyclic) bond motifs is 1. The molecule has 0 N–H and O–H groups in total. The maximum absolute atomic E-state index is 13.2. The Morgan fingerprint density at radius 1 is 1.03 bits per heavy atom. The molecule has 0 saturated carbocycles. The third kappa shape index (κ3) is 4.71. The summed E-state index contributed by atoms with van der Waals surface area (Å²) in [6, 6.07) is 28.0. The first kappa shape index (κ1) is 22.9. The molecule has 2 heterocycles.